The van der Waals surface area contributed by atoms with Crippen molar-refractivity contribution in [2.24, 2.45) is 5.16 Å². The Bertz CT molecular complexity index is 147. The highest BCUT2D eigenvalue weighted by atomic mass is 31.1. The Labute approximate surface area is 65.9 Å². The summed E-state index contributed by atoms with van der Waals surface area (Å²) < 4.78 is 20.1. The van der Waals surface area contributed by atoms with Gasteiger partial charge in [0.2, 0.25) is 0 Å². The largest absolute Gasteiger partial charge is 0.411 e. The molecule has 1 unspecified atom stereocenters. The van der Waals surface area contributed by atoms with E-state index >= 15 is 0 Å². The maximum absolute atomic E-state index is 10.7. The number of rotatable bonds is 5. The zero-order valence-electron chi connectivity index (χ0n) is 6.48. The molecule has 0 spiro atoms. The lowest BCUT2D eigenvalue weighted by Crippen LogP contribution is -1.97. The molecule has 0 saturated carbocycles. The summed E-state index contributed by atoms with van der Waals surface area (Å²) in [6, 6.07) is 0. The van der Waals surface area contributed by atoms with Gasteiger partial charge in [-0.3, -0.25) is 4.57 Å². The maximum atomic E-state index is 10.7. The van der Waals surface area contributed by atoms with Crippen molar-refractivity contribution in [3.63, 3.8) is 0 Å². The second kappa shape index (κ2) is 6.34. The highest BCUT2D eigenvalue weighted by Crippen LogP contribution is 2.24. The van der Waals surface area contributed by atoms with Gasteiger partial charge in [-0.25, -0.2) is 0 Å². The standard InChI is InChI=1S/C5H12NO4P/c1-5(2)10-11(8)9-4-3-6-7/h3,5,7,11H,4H2,1-2H3. The Morgan fingerprint density at radius 1 is 1.73 bits per heavy atom. The van der Waals surface area contributed by atoms with Crippen LogP contribution in [0.15, 0.2) is 5.16 Å². The van der Waals surface area contributed by atoms with Crippen molar-refractivity contribution in [1.29, 1.82) is 0 Å². The molecule has 0 aliphatic rings. The van der Waals surface area contributed by atoms with Crippen molar-refractivity contribution in [1.82, 2.24) is 0 Å². The molecule has 0 aromatic heterocycles. The van der Waals surface area contributed by atoms with Gasteiger partial charge in [0.15, 0.2) is 0 Å². The highest BCUT2D eigenvalue weighted by molar-refractivity contribution is 7.33. The predicted octanol–water partition coefficient (Wildman–Crippen LogP) is 1.28. The van der Waals surface area contributed by atoms with Crippen LogP contribution in [-0.2, 0) is 13.6 Å². The summed E-state index contributed by atoms with van der Waals surface area (Å²) in [5.41, 5.74) is 0. The van der Waals surface area contributed by atoms with E-state index in [9.17, 15) is 4.57 Å². The van der Waals surface area contributed by atoms with E-state index in [-0.39, 0.29) is 12.7 Å². The third kappa shape index (κ3) is 7.52. The van der Waals surface area contributed by atoms with E-state index in [0.717, 1.165) is 6.21 Å². The van der Waals surface area contributed by atoms with Crippen LogP contribution in [0, 0.1) is 0 Å². The van der Waals surface area contributed by atoms with Crippen molar-refractivity contribution < 1.29 is 18.8 Å². The van der Waals surface area contributed by atoms with E-state index in [2.05, 4.69) is 9.68 Å². The van der Waals surface area contributed by atoms with E-state index in [0.29, 0.717) is 0 Å². The van der Waals surface area contributed by atoms with Crippen LogP contribution in [0.4, 0.5) is 0 Å². The quantitative estimate of drug-likeness (QED) is 0.300. The van der Waals surface area contributed by atoms with Crippen LogP contribution in [-0.4, -0.2) is 24.1 Å². The first-order valence-corrected chi connectivity index (χ1v) is 4.38. The van der Waals surface area contributed by atoms with Crippen molar-refractivity contribution in [3.05, 3.63) is 0 Å². The van der Waals surface area contributed by atoms with Crippen molar-refractivity contribution >= 4 is 14.5 Å². The molecule has 0 aromatic rings. The first-order valence-electron chi connectivity index (χ1n) is 3.16. The normalized spacial score (nSPS) is 14.5. The number of hydrogen-bond donors (Lipinski definition) is 1. The summed E-state index contributed by atoms with van der Waals surface area (Å²) in [5.74, 6) is 0. The predicted molar refractivity (Wildman–Crippen MR) is 41.5 cm³/mol. The lowest BCUT2D eigenvalue weighted by molar-refractivity contribution is 0.200. The lowest BCUT2D eigenvalue weighted by atomic mass is 10.5. The van der Waals surface area contributed by atoms with Crippen molar-refractivity contribution in [3.8, 4) is 0 Å². The maximum Gasteiger partial charge on any atom is 0.319 e. The third-order valence-corrected chi connectivity index (χ3v) is 1.76. The monoisotopic (exact) mass is 181 g/mol. The minimum atomic E-state index is -2.41. The fraction of sp³-hybridized carbons (Fsp3) is 0.800. The van der Waals surface area contributed by atoms with E-state index < -0.39 is 8.25 Å². The van der Waals surface area contributed by atoms with E-state index in [1.54, 1.807) is 13.8 Å². The molecule has 0 fully saturated rings. The minimum absolute atomic E-state index is 0.00101. The molecule has 6 heteroatoms. The summed E-state index contributed by atoms with van der Waals surface area (Å²) in [4.78, 5) is 0. The summed E-state index contributed by atoms with van der Waals surface area (Å²) in [6.07, 6.45) is 0.971. The zero-order chi connectivity index (χ0) is 8.69. The smallest absolute Gasteiger partial charge is 0.319 e. The molecule has 0 amide bonds. The third-order valence-electron chi connectivity index (χ3n) is 0.689. The van der Waals surface area contributed by atoms with Gasteiger partial charge >= 0.3 is 8.25 Å². The molecule has 0 saturated heterocycles. The topological polar surface area (TPSA) is 68.1 Å². The summed E-state index contributed by atoms with van der Waals surface area (Å²) in [7, 11) is -2.41. The molecule has 5 nitrogen and oxygen atoms in total. The van der Waals surface area contributed by atoms with Gasteiger partial charge in [-0.2, -0.15) is 0 Å². The van der Waals surface area contributed by atoms with Gasteiger partial charge in [-0.15, -0.1) is 0 Å². The first kappa shape index (κ1) is 10.6. The SMILES string of the molecule is CC(C)O[PH](=O)OCC=NO. The van der Waals surface area contributed by atoms with Crippen LogP contribution in [0.25, 0.3) is 0 Å². The molecule has 0 heterocycles. The molecule has 0 bridgehead atoms. The van der Waals surface area contributed by atoms with Crippen LogP contribution < -0.4 is 0 Å². The van der Waals surface area contributed by atoms with Gasteiger partial charge in [0.25, 0.3) is 0 Å². The van der Waals surface area contributed by atoms with Crippen LogP contribution >= 0.6 is 8.25 Å². The van der Waals surface area contributed by atoms with Gasteiger partial charge < -0.3 is 14.3 Å². The molecule has 0 aliphatic heterocycles. The summed E-state index contributed by atoms with van der Waals surface area (Å²) >= 11 is 0. The van der Waals surface area contributed by atoms with Gasteiger partial charge in [-0.1, -0.05) is 5.16 Å². The van der Waals surface area contributed by atoms with Gasteiger partial charge in [0.1, 0.15) is 0 Å². The van der Waals surface area contributed by atoms with Gasteiger partial charge in [0.05, 0.1) is 18.9 Å². The zero-order valence-corrected chi connectivity index (χ0v) is 7.48. The van der Waals surface area contributed by atoms with Crippen LogP contribution in [0.1, 0.15) is 13.8 Å². The molecule has 0 radical (unpaired) electrons. The molecule has 11 heavy (non-hydrogen) atoms. The fourth-order valence-electron chi connectivity index (χ4n) is 0.365. The molecule has 66 valence electrons. The van der Waals surface area contributed by atoms with Crippen LogP contribution in [0.2, 0.25) is 0 Å². The van der Waals surface area contributed by atoms with Crippen LogP contribution in [0.5, 0.6) is 0 Å². The van der Waals surface area contributed by atoms with Crippen molar-refractivity contribution in [2.75, 3.05) is 6.61 Å². The fourth-order valence-corrected chi connectivity index (χ4v) is 1.03. The molecule has 1 atom stereocenters. The first-order chi connectivity index (χ1) is 5.16. The molecule has 0 aliphatic carbocycles. The Morgan fingerprint density at radius 2 is 2.36 bits per heavy atom. The molecular weight excluding hydrogens is 169 g/mol. The Kier molecular flexibility index (Phi) is 6.12. The van der Waals surface area contributed by atoms with Crippen molar-refractivity contribution in [2.45, 2.75) is 20.0 Å². The van der Waals surface area contributed by atoms with Gasteiger partial charge in [-0.05, 0) is 13.8 Å². The highest BCUT2D eigenvalue weighted by Gasteiger charge is 2.00. The lowest BCUT2D eigenvalue weighted by Gasteiger charge is -2.05. The number of hydrogen-bond acceptors (Lipinski definition) is 5. The van der Waals surface area contributed by atoms with E-state index in [1.165, 1.54) is 0 Å². The molecular formula is C5H12NO4P. The Balaban J connectivity index is 3.37. The average molecular weight is 181 g/mol. The second-order valence-corrected chi connectivity index (χ2v) is 3.05. The Hall–Kier alpha value is -0.380. The van der Waals surface area contributed by atoms with Gasteiger partial charge in [0, 0.05) is 0 Å². The average Bonchev–Trinajstić information content (AvgIpc) is 1.86. The molecule has 1 N–H and O–H groups in total. The summed E-state index contributed by atoms with van der Waals surface area (Å²) in [5, 5.41) is 10.6. The second-order valence-electron chi connectivity index (χ2n) is 2.03. The van der Waals surface area contributed by atoms with E-state index in [1.807, 2.05) is 0 Å². The van der Waals surface area contributed by atoms with E-state index in [4.69, 9.17) is 9.73 Å². The minimum Gasteiger partial charge on any atom is -0.411 e. The van der Waals surface area contributed by atoms with Crippen LogP contribution in [0.3, 0.4) is 0 Å². The number of nitrogens with zero attached hydrogens (tertiary/aromatic N) is 1. The Morgan fingerprint density at radius 3 is 2.82 bits per heavy atom. The molecule has 0 rings (SSSR count). The molecule has 0 aromatic carbocycles. The summed E-state index contributed by atoms with van der Waals surface area (Å²) in [6.45, 7) is 3.51. The number of oxime groups is 1.